The standard InChI is InChI=1S/C24H32ClN3O5S/c1-6-12-26-24(30)18(3)27(15-19-9-7-8-17(2)13-19)23(29)16-28(34(5,31)32)21-14-20(25)10-11-22(21)33-4/h7-11,13-14,18H,6,12,15-16H2,1-5H3,(H,26,30)/t18-/m1/s1. The first-order valence-electron chi connectivity index (χ1n) is 10.9. The van der Waals surface area contributed by atoms with E-state index in [-0.39, 0.29) is 23.9 Å². The van der Waals surface area contributed by atoms with Crippen LogP contribution in [0.1, 0.15) is 31.4 Å². The van der Waals surface area contributed by atoms with Gasteiger partial charge >= 0.3 is 0 Å². The van der Waals surface area contributed by atoms with Crippen LogP contribution < -0.4 is 14.4 Å². The lowest BCUT2D eigenvalue weighted by atomic mass is 10.1. The van der Waals surface area contributed by atoms with Crippen LogP contribution in [-0.2, 0) is 26.2 Å². The number of amides is 2. The molecular weight excluding hydrogens is 478 g/mol. The Hall–Kier alpha value is -2.78. The maximum Gasteiger partial charge on any atom is 0.244 e. The lowest BCUT2D eigenvalue weighted by Crippen LogP contribution is -2.51. The number of nitrogens with zero attached hydrogens (tertiary/aromatic N) is 2. The highest BCUT2D eigenvalue weighted by atomic mass is 35.5. The van der Waals surface area contributed by atoms with Gasteiger partial charge in [-0.15, -0.1) is 0 Å². The minimum absolute atomic E-state index is 0.143. The van der Waals surface area contributed by atoms with Crippen LogP contribution in [-0.4, -0.2) is 57.6 Å². The van der Waals surface area contributed by atoms with Crippen molar-refractivity contribution in [3.63, 3.8) is 0 Å². The molecule has 1 N–H and O–H groups in total. The van der Waals surface area contributed by atoms with Gasteiger partial charge in [-0.25, -0.2) is 8.42 Å². The molecule has 2 amide bonds. The third kappa shape index (κ3) is 7.36. The van der Waals surface area contributed by atoms with Gasteiger partial charge in [0, 0.05) is 18.1 Å². The third-order valence-electron chi connectivity index (χ3n) is 5.24. The summed E-state index contributed by atoms with van der Waals surface area (Å²) < 4.78 is 31.6. The molecule has 0 fully saturated rings. The number of nitrogens with one attached hydrogen (secondary N) is 1. The van der Waals surface area contributed by atoms with E-state index < -0.39 is 28.5 Å². The second kappa shape index (κ2) is 12.1. The lowest BCUT2D eigenvalue weighted by molar-refractivity contribution is -0.139. The molecule has 1 atom stereocenters. The van der Waals surface area contributed by atoms with Gasteiger partial charge in [-0.1, -0.05) is 48.4 Å². The molecule has 0 heterocycles. The Labute approximate surface area is 206 Å². The Morgan fingerprint density at radius 1 is 1.18 bits per heavy atom. The molecule has 0 saturated heterocycles. The number of halogens is 1. The number of ether oxygens (including phenoxy) is 1. The number of carbonyl (C=O) groups is 2. The van der Waals surface area contributed by atoms with E-state index in [0.717, 1.165) is 28.1 Å². The molecule has 2 aromatic rings. The molecular formula is C24H32ClN3O5S. The molecule has 0 saturated carbocycles. The Morgan fingerprint density at radius 3 is 2.47 bits per heavy atom. The SMILES string of the molecule is CCCNC(=O)[C@@H](C)N(Cc1cccc(C)c1)C(=O)CN(c1cc(Cl)ccc1OC)S(C)(=O)=O. The van der Waals surface area contributed by atoms with Crippen molar-refractivity contribution in [1.29, 1.82) is 0 Å². The fraction of sp³-hybridized carbons (Fsp3) is 0.417. The summed E-state index contributed by atoms with van der Waals surface area (Å²) in [5.41, 5.74) is 1.98. The number of carbonyl (C=O) groups excluding carboxylic acids is 2. The monoisotopic (exact) mass is 509 g/mol. The summed E-state index contributed by atoms with van der Waals surface area (Å²) in [6.45, 7) is 5.60. The zero-order valence-corrected chi connectivity index (χ0v) is 21.7. The van der Waals surface area contributed by atoms with E-state index >= 15 is 0 Å². The number of anilines is 1. The van der Waals surface area contributed by atoms with Gasteiger partial charge in [-0.3, -0.25) is 13.9 Å². The fourth-order valence-corrected chi connectivity index (χ4v) is 4.45. The molecule has 10 heteroatoms. The minimum Gasteiger partial charge on any atom is -0.495 e. The second-order valence-corrected chi connectivity index (χ2v) is 10.4. The maximum absolute atomic E-state index is 13.5. The van der Waals surface area contributed by atoms with E-state index in [0.29, 0.717) is 11.6 Å². The first kappa shape index (κ1) is 27.5. The van der Waals surface area contributed by atoms with Crippen molar-refractivity contribution in [3.8, 4) is 5.75 Å². The Kier molecular flexibility index (Phi) is 9.76. The highest BCUT2D eigenvalue weighted by Gasteiger charge is 2.31. The number of benzene rings is 2. The molecule has 34 heavy (non-hydrogen) atoms. The molecule has 0 aliphatic heterocycles. The Bertz CT molecular complexity index is 1120. The van der Waals surface area contributed by atoms with E-state index in [1.807, 2.05) is 38.1 Å². The molecule has 0 unspecified atom stereocenters. The van der Waals surface area contributed by atoms with Gasteiger partial charge in [-0.2, -0.15) is 0 Å². The van der Waals surface area contributed by atoms with Crippen molar-refractivity contribution in [2.75, 3.05) is 30.8 Å². The summed E-state index contributed by atoms with van der Waals surface area (Å²) in [6.07, 6.45) is 1.75. The summed E-state index contributed by atoms with van der Waals surface area (Å²) in [5.74, 6) is -0.594. The molecule has 8 nitrogen and oxygen atoms in total. The summed E-state index contributed by atoms with van der Waals surface area (Å²) in [5, 5.41) is 3.10. The topological polar surface area (TPSA) is 96.0 Å². The van der Waals surface area contributed by atoms with E-state index in [1.165, 1.54) is 24.1 Å². The number of hydrogen-bond donors (Lipinski definition) is 1. The predicted molar refractivity (Wildman–Crippen MR) is 135 cm³/mol. The van der Waals surface area contributed by atoms with E-state index in [9.17, 15) is 18.0 Å². The summed E-state index contributed by atoms with van der Waals surface area (Å²) >= 11 is 6.10. The molecule has 0 aromatic heterocycles. The van der Waals surface area contributed by atoms with Crippen LogP contribution in [0, 0.1) is 6.92 Å². The van der Waals surface area contributed by atoms with Crippen molar-refractivity contribution in [2.45, 2.75) is 39.8 Å². The first-order valence-corrected chi connectivity index (χ1v) is 13.1. The van der Waals surface area contributed by atoms with E-state index in [4.69, 9.17) is 16.3 Å². The lowest BCUT2D eigenvalue weighted by Gasteiger charge is -2.32. The first-order chi connectivity index (χ1) is 16.0. The molecule has 2 aromatic carbocycles. The summed E-state index contributed by atoms with van der Waals surface area (Å²) in [7, 11) is -2.49. The molecule has 0 aliphatic rings. The van der Waals surface area contributed by atoms with Crippen LogP contribution in [0.15, 0.2) is 42.5 Å². The van der Waals surface area contributed by atoms with E-state index in [2.05, 4.69) is 5.32 Å². The van der Waals surface area contributed by atoms with Crippen LogP contribution in [0.5, 0.6) is 5.75 Å². The molecule has 186 valence electrons. The molecule has 0 radical (unpaired) electrons. The minimum atomic E-state index is -3.89. The summed E-state index contributed by atoms with van der Waals surface area (Å²) in [6, 6.07) is 11.3. The van der Waals surface area contributed by atoms with Gasteiger partial charge in [-0.05, 0) is 44.0 Å². The molecule has 0 bridgehead atoms. The maximum atomic E-state index is 13.5. The van der Waals surface area contributed by atoms with Crippen molar-refractivity contribution >= 4 is 39.1 Å². The van der Waals surface area contributed by atoms with Gasteiger partial charge < -0.3 is 15.0 Å². The highest BCUT2D eigenvalue weighted by Crippen LogP contribution is 2.33. The van der Waals surface area contributed by atoms with Gasteiger partial charge in [0.1, 0.15) is 18.3 Å². The largest absolute Gasteiger partial charge is 0.495 e. The van der Waals surface area contributed by atoms with Crippen LogP contribution in [0.4, 0.5) is 5.69 Å². The zero-order valence-electron chi connectivity index (χ0n) is 20.2. The van der Waals surface area contributed by atoms with Gasteiger partial charge in [0.25, 0.3) is 0 Å². The van der Waals surface area contributed by atoms with Crippen LogP contribution >= 0.6 is 11.6 Å². The fourth-order valence-electron chi connectivity index (χ4n) is 3.44. The van der Waals surface area contributed by atoms with Gasteiger partial charge in [0.15, 0.2) is 0 Å². The van der Waals surface area contributed by atoms with Crippen molar-refractivity contribution < 1.29 is 22.7 Å². The molecule has 0 aliphatic carbocycles. The van der Waals surface area contributed by atoms with Crippen molar-refractivity contribution in [3.05, 3.63) is 58.6 Å². The smallest absolute Gasteiger partial charge is 0.244 e. The predicted octanol–water partition coefficient (Wildman–Crippen LogP) is 3.37. The van der Waals surface area contributed by atoms with Gasteiger partial charge in [0.2, 0.25) is 21.8 Å². The Morgan fingerprint density at radius 2 is 1.88 bits per heavy atom. The van der Waals surface area contributed by atoms with E-state index in [1.54, 1.807) is 13.0 Å². The Balaban J connectivity index is 2.45. The van der Waals surface area contributed by atoms with Crippen molar-refractivity contribution in [1.82, 2.24) is 10.2 Å². The molecule has 2 rings (SSSR count). The van der Waals surface area contributed by atoms with Crippen LogP contribution in [0.25, 0.3) is 0 Å². The zero-order chi connectivity index (χ0) is 25.5. The molecule has 0 spiro atoms. The number of sulfonamides is 1. The third-order valence-corrected chi connectivity index (χ3v) is 6.60. The van der Waals surface area contributed by atoms with Crippen molar-refractivity contribution in [2.24, 2.45) is 0 Å². The quantitative estimate of drug-likeness (QED) is 0.501. The average Bonchev–Trinajstić information content (AvgIpc) is 2.78. The number of aryl methyl sites for hydroxylation is 1. The van der Waals surface area contributed by atoms with Crippen LogP contribution in [0.3, 0.4) is 0 Å². The van der Waals surface area contributed by atoms with Crippen LogP contribution in [0.2, 0.25) is 5.02 Å². The highest BCUT2D eigenvalue weighted by molar-refractivity contribution is 7.92. The second-order valence-electron chi connectivity index (χ2n) is 8.06. The number of rotatable bonds is 11. The number of methoxy groups -OCH3 is 1. The normalized spacial score (nSPS) is 12.1. The summed E-state index contributed by atoms with van der Waals surface area (Å²) in [4.78, 5) is 27.6. The average molecular weight is 510 g/mol. The van der Waals surface area contributed by atoms with Gasteiger partial charge in [0.05, 0.1) is 19.1 Å². The number of hydrogen-bond acceptors (Lipinski definition) is 5.